The Morgan fingerprint density at radius 3 is 2.63 bits per heavy atom. The van der Waals surface area contributed by atoms with Gasteiger partial charge in [-0.25, -0.2) is 4.39 Å². The molecule has 3 heteroatoms. The first-order chi connectivity index (χ1) is 8.99. The quantitative estimate of drug-likeness (QED) is 0.888. The van der Waals surface area contributed by atoms with E-state index in [1.165, 1.54) is 17.2 Å². The fraction of sp³-hybridized carbons (Fsp3) is 0.250. The van der Waals surface area contributed by atoms with Crippen molar-refractivity contribution in [3.63, 3.8) is 0 Å². The van der Waals surface area contributed by atoms with E-state index in [2.05, 4.69) is 41.9 Å². The molecule has 0 radical (unpaired) electrons. The van der Waals surface area contributed by atoms with Crippen LogP contribution in [0.15, 0.2) is 40.9 Å². The molecule has 0 aliphatic carbocycles. The minimum absolute atomic E-state index is 0.0720. The molecule has 2 N–H and O–H groups in total. The van der Waals surface area contributed by atoms with Gasteiger partial charge in [-0.15, -0.1) is 0 Å². The second kappa shape index (κ2) is 5.85. The van der Waals surface area contributed by atoms with Crippen molar-refractivity contribution >= 4 is 15.9 Å². The highest BCUT2D eigenvalue weighted by Crippen LogP contribution is 2.24. The van der Waals surface area contributed by atoms with Gasteiger partial charge in [0, 0.05) is 6.04 Å². The number of hydrogen-bond acceptors (Lipinski definition) is 1. The summed E-state index contributed by atoms with van der Waals surface area (Å²) in [7, 11) is 0. The van der Waals surface area contributed by atoms with E-state index >= 15 is 0 Å². The SMILES string of the molecule is Cc1cccc(C(N)Cc2ccc(F)c(Br)c2)c1C. The summed E-state index contributed by atoms with van der Waals surface area (Å²) in [5.74, 6) is -0.246. The van der Waals surface area contributed by atoms with Crippen molar-refractivity contribution in [1.29, 1.82) is 0 Å². The van der Waals surface area contributed by atoms with Gasteiger partial charge in [-0.3, -0.25) is 0 Å². The lowest BCUT2D eigenvalue weighted by atomic mass is 9.94. The second-order valence-electron chi connectivity index (χ2n) is 4.85. The Balaban J connectivity index is 2.23. The predicted octanol–water partition coefficient (Wildman–Crippen LogP) is 4.45. The smallest absolute Gasteiger partial charge is 0.137 e. The fourth-order valence-electron chi connectivity index (χ4n) is 2.21. The van der Waals surface area contributed by atoms with Crippen LogP contribution in [0.2, 0.25) is 0 Å². The summed E-state index contributed by atoms with van der Waals surface area (Å²) in [6.45, 7) is 4.17. The summed E-state index contributed by atoms with van der Waals surface area (Å²) < 4.78 is 13.7. The number of nitrogens with two attached hydrogens (primary N) is 1. The molecular weight excluding hydrogens is 305 g/mol. The van der Waals surface area contributed by atoms with E-state index in [1.807, 2.05) is 6.07 Å². The van der Waals surface area contributed by atoms with Gasteiger partial charge in [-0.05, 0) is 70.6 Å². The largest absolute Gasteiger partial charge is 0.324 e. The lowest BCUT2D eigenvalue weighted by molar-refractivity contribution is 0.618. The van der Waals surface area contributed by atoms with Crippen LogP contribution in [0.5, 0.6) is 0 Å². The second-order valence-corrected chi connectivity index (χ2v) is 5.70. The maximum Gasteiger partial charge on any atom is 0.137 e. The Bertz CT molecular complexity index is 595. The maximum atomic E-state index is 13.2. The first kappa shape index (κ1) is 14.2. The molecule has 1 atom stereocenters. The zero-order valence-corrected chi connectivity index (χ0v) is 12.7. The molecule has 0 heterocycles. The van der Waals surface area contributed by atoms with Crippen LogP contribution in [0.3, 0.4) is 0 Å². The predicted molar refractivity (Wildman–Crippen MR) is 80.6 cm³/mol. The van der Waals surface area contributed by atoms with Gasteiger partial charge >= 0.3 is 0 Å². The molecule has 0 spiro atoms. The first-order valence-corrected chi connectivity index (χ1v) is 7.04. The molecule has 0 bridgehead atoms. The zero-order valence-electron chi connectivity index (χ0n) is 11.1. The molecule has 0 fully saturated rings. The number of halogens is 2. The summed E-state index contributed by atoms with van der Waals surface area (Å²) >= 11 is 3.20. The van der Waals surface area contributed by atoms with E-state index in [9.17, 15) is 4.39 Å². The highest BCUT2D eigenvalue weighted by atomic mass is 79.9. The lowest BCUT2D eigenvalue weighted by Crippen LogP contribution is -2.15. The highest BCUT2D eigenvalue weighted by Gasteiger charge is 2.11. The van der Waals surface area contributed by atoms with Gasteiger partial charge < -0.3 is 5.73 Å². The molecule has 0 aromatic heterocycles. The topological polar surface area (TPSA) is 26.0 Å². The van der Waals surface area contributed by atoms with E-state index in [0.29, 0.717) is 10.9 Å². The van der Waals surface area contributed by atoms with Crippen molar-refractivity contribution in [3.8, 4) is 0 Å². The third-order valence-corrected chi connectivity index (χ3v) is 4.09. The molecule has 2 aromatic carbocycles. The van der Waals surface area contributed by atoms with Crippen molar-refractivity contribution in [2.24, 2.45) is 5.73 Å². The first-order valence-electron chi connectivity index (χ1n) is 6.24. The zero-order chi connectivity index (χ0) is 14.0. The third kappa shape index (κ3) is 3.23. The molecule has 2 aromatic rings. The highest BCUT2D eigenvalue weighted by molar-refractivity contribution is 9.10. The van der Waals surface area contributed by atoms with Crippen molar-refractivity contribution in [2.45, 2.75) is 26.3 Å². The van der Waals surface area contributed by atoms with Crippen LogP contribution in [0.1, 0.15) is 28.3 Å². The monoisotopic (exact) mass is 321 g/mol. The molecule has 0 saturated heterocycles. The van der Waals surface area contributed by atoms with Gasteiger partial charge in [0.2, 0.25) is 0 Å². The van der Waals surface area contributed by atoms with Gasteiger partial charge in [0.05, 0.1) is 4.47 Å². The van der Waals surface area contributed by atoms with E-state index in [-0.39, 0.29) is 11.9 Å². The Morgan fingerprint density at radius 2 is 1.95 bits per heavy atom. The molecule has 1 nitrogen and oxygen atoms in total. The van der Waals surface area contributed by atoms with Crippen molar-refractivity contribution in [2.75, 3.05) is 0 Å². The molecule has 0 aliphatic rings. The molecule has 0 aliphatic heterocycles. The number of hydrogen-bond donors (Lipinski definition) is 1. The van der Waals surface area contributed by atoms with Crippen LogP contribution in [0.25, 0.3) is 0 Å². The Kier molecular flexibility index (Phi) is 4.38. The summed E-state index contributed by atoms with van der Waals surface area (Å²) in [5, 5.41) is 0. The Hall–Kier alpha value is -1.19. The Morgan fingerprint density at radius 1 is 1.21 bits per heavy atom. The van der Waals surface area contributed by atoms with E-state index in [4.69, 9.17) is 5.73 Å². The van der Waals surface area contributed by atoms with E-state index in [0.717, 1.165) is 11.1 Å². The van der Waals surface area contributed by atoms with E-state index in [1.54, 1.807) is 12.1 Å². The van der Waals surface area contributed by atoms with Crippen LogP contribution in [0.4, 0.5) is 4.39 Å². The minimum atomic E-state index is -0.246. The number of aryl methyl sites for hydroxylation is 1. The molecular formula is C16H17BrFN. The fourth-order valence-corrected chi connectivity index (χ4v) is 2.63. The summed E-state index contributed by atoms with van der Waals surface area (Å²) in [5.41, 5.74) is 10.9. The van der Waals surface area contributed by atoms with Gasteiger partial charge in [0.15, 0.2) is 0 Å². The summed E-state index contributed by atoms with van der Waals surface area (Å²) in [6.07, 6.45) is 0.698. The molecule has 100 valence electrons. The summed E-state index contributed by atoms with van der Waals surface area (Å²) in [6, 6.07) is 11.1. The molecule has 0 saturated carbocycles. The van der Waals surface area contributed by atoms with E-state index < -0.39 is 0 Å². The van der Waals surface area contributed by atoms with Gasteiger partial charge in [0.1, 0.15) is 5.82 Å². The van der Waals surface area contributed by atoms with Crippen LogP contribution < -0.4 is 5.73 Å². The van der Waals surface area contributed by atoms with Crippen LogP contribution >= 0.6 is 15.9 Å². The minimum Gasteiger partial charge on any atom is -0.324 e. The number of rotatable bonds is 3. The standard InChI is InChI=1S/C16H17BrFN/c1-10-4-3-5-13(11(10)2)16(19)9-12-6-7-15(18)14(17)8-12/h3-8,16H,9,19H2,1-2H3. The maximum absolute atomic E-state index is 13.2. The average molecular weight is 322 g/mol. The Labute approximate surface area is 121 Å². The molecule has 19 heavy (non-hydrogen) atoms. The third-order valence-electron chi connectivity index (χ3n) is 3.49. The lowest BCUT2D eigenvalue weighted by Gasteiger charge is -2.16. The van der Waals surface area contributed by atoms with Crippen molar-refractivity contribution in [3.05, 3.63) is 68.9 Å². The summed E-state index contributed by atoms with van der Waals surface area (Å²) in [4.78, 5) is 0. The normalized spacial score (nSPS) is 12.5. The van der Waals surface area contributed by atoms with Gasteiger partial charge in [-0.1, -0.05) is 24.3 Å². The molecule has 2 rings (SSSR count). The number of benzene rings is 2. The van der Waals surface area contributed by atoms with Crippen LogP contribution in [-0.4, -0.2) is 0 Å². The van der Waals surface area contributed by atoms with Gasteiger partial charge in [-0.2, -0.15) is 0 Å². The average Bonchev–Trinajstić information content (AvgIpc) is 2.37. The van der Waals surface area contributed by atoms with Crippen molar-refractivity contribution in [1.82, 2.24) is 0 Å². The molecule has 0 amide bonds. The van der Waals surface area contributed by atoms with Crippen LogP contribution in [-0.2, 0) is 6.42 Å². The van der Waals surface area contributed by atoms with Crippen molar-refractivity contribution < 1.29 is 4.39 Å². The van der Waals surface area contributed by atoms with Gasteiger partial charge in [0.25, 0.3) is 0 Å². The molecule has 1 unspecified atom stereocenters. The van der Waals surface area contributed by atoms with Crippen LogP contribution in [0, 0.1) is 19.7 Å².